The van der Waals surface area contributed by atoms with Gasteiger partial charge >= 0.3 is 5.97 Å². The van der Waals surface area contributed by atoms with E-state index >= 15 is 0 Å². The van der Waals surface area contributed by atoms with E-state index in [-0.39, 0.29) is 17.2 Å². The summed E-state index contributed by atoms with van der Waals surface area (Å²) in [7, 11) is 0. The van der Waals surface area contributed by atoms with Crippen LogP contribution in [0.4, 0.5) is 0 Å². The molecule has 156 valence electrons. The highest BCUT2D eigenvalue weighted by atomic mass is 35.5. The van der Waals surface area contributed by atoms with Crippen LogP contribution < -0.4 is 5.32 Å². The maximum atomic E-state index is 13.2. The van der Waals surface area contributed by atoms with Crippen molar-refractivity contribution in [2.45, 2.75) is 46.5 Å². The van der Waals surface area contributed by atoms with Gasteiger partial charge in [-0.25, -0.2) is 4.79 Å². The highest BCUT2D eigenvalue weighted by Gasteiger charge is 2.43. The minimum Gasteiger partial charge on any atom is -0.461 e. The van der Waals surface area contributed by atoms with E-state index in [2.05, 4.69) is 26.1 Å². The maximum Gasteiger partial charge on any atom is 0.336 e. The standard InChI is InChI=1S/C23H28ClNO3S/c1-5-29-10-9-28-22(27)19-14(2)25-17-12-23(3,4)13-18(26)21(17)20(19)15-7-6-8-16(24)11-15/h6-8,11,20,25H,5,9-10,12-13H2,1-4H3/t20-/m1/s1. The van der Waals surface area contributed by atoms with Crippen molar-refractivity contribution in [2.75, 3.05) is 18.1 Å². The molecular formula is C23H28ClNO3S. The number of carbonyl (C=O) groups excluding carboxylic acids is 2. The largest absolute Gasteiger partial charge is 0.461 e. The number of carbonyl (C=O) groups is 2. The Morgan fingerprint density at radius 3 is 2.79 bits per heavy atom. The molecule has 0 bridgehead atoms. The lowest BCUT2D eigenvalue weighted by Gasteiger charge is -2.39. The van der Waals surface area contributed by atoms with Crippen LogP contribution in [-0.4, -0.2) is 29.9 Å². The summed E-state index contributed by atoms with van der Waals surface area (Å²) in [5.41, 5.74) is 3.55. The number of dihydropyridines is 1. The number of rotatable bonds is 6. The van der Waals surface area contributed by atoms with Gasteiger partial charge in [0.15, 0.2) is 5.78 Å². The average Bonchev–Trinajstić information content (AvgIpc) is 2.63. The minimum absolute atomic E-state index is 0.0769. The second-order valence-electron chi connectivity index (χ2n) is 8.32. The Kier molecular flexibility index (Phi) is 6.79. The van der Waals surface area contributed by atoms with Crippen molar-refractivity contribution in [3.05, 3.63) is 57.4 Å². The molecule has 29 heavy (non-hydrogen) atoms. The first kappa shape index (κ1) is 22.0. The Labute approximate surface area is 182 Å². The van der Waals surface area contributed by atoms with E-state index in [1.54, 1.807) is 17.8 Å². The molecule has 1 aromatic rings. The lowest BCUT2D eigenvalue weighted by atomic mass is 9.68. The number of hydrogen-bond acceptors (Lipinski definition) is 5. The van der Waals surface area contributed by atoms with Gasteiger partial charge in [-0.15, -0.1) is 0 Å². The van der Waals surface area contributed by atoms with E-state index in [1.165, 1.54) is 0 Å². The Balaban J connectivity index is 2.03. The topological polar surface area (TPSA) is 55.4 Å². The van der Waals surface area contributed by atoms with Crippen molar-refractivity contribution in [1.82, 2.24) is 5.32 Å². The van der Waals surface area contributed by atoms with Crippen LogP contribution in [0.1, 0.15) is 52.0 Å². The average molecular weight is 434 g/mol. The summed E-state index contributed by atoms with van der Waals surface area (Å²) in [6.07, 6.45) is 1.22. The highest BCUT2D eigenvalue weighted by molar-refractivity contribution is 7.99. The van der Waals surface area contributed by atoms with Gasteiger partial charge in [-0.1, -0.05) is 44.5 Å². The first-order valence-corrected chi connectivity index (χ1v) is 11.5. The Morgan fingerprint density at radius 2 is 2.10 bits per heavy atom. The van der Waals surface area contributed by atoms with Gasteiger partial charge in [-0.2, -0.15) is 11.8 Å². The molecule has 0 saturated carbocycles. The number of halogens is 1. The number of ether oxygens (including phenoxy) is 1. The number of allylic oxidation sites excluding steroid dienone is 3. The van der Waals surface area contributed by atoms with Crippen molar-refractivity contribution in [3.63, 3.8) is 0 Å². The van der Waals surface area contributed by atoms with E-state index in [0.717, 1.165) is 34.9 Å². The molecule has 1 N–H and O–H groups in total. The second-order valence-corrected chi connectivity index (χ2v) is 10.1. The van der Waals surface area contributed by atoms with Crippen molar-refractivity contribution < 1.29 is 14.3 Å². The summed E-state index contributed by atoms with van der Waals surface area (Å²) >= 11 is 7.98. The summed E-state index contributed by atoms with van der Waals surface area (Å²) in [6, 6.07) is 7.41. The van der Waals surface area contributed by atoms with Crippen LogP contribution in [0.15, 0.2) is 46.8 Å². The van der Waals surface area contributed by atoms with Crippen molar-refractivity contribution in [2.24, 2.45) is 5.41 Å². The molecule has 1 aliphatic carbocycles. The molecule has 0 radical (unpaired) electrons. The van der Waals surface area contributed by atoms with Crippen LogP contribution in [0.25, 0.3) is 0 Å². The van der Waals surface area contributed by atoms with Gasteiger partial charge in [0.25, 0.3) is 0 Å². The molecule has 3 rings (SSSR count). The van der Waals surface area contributed by atoms with Crippen molar-refractivity contribution in [1.29, 1.82) is 0 Å². The number of thioether (sulfide) groups is 1. The third-order valence-corrected chi connectivity index (χ3v) is 6.41. The van der Waals surface area contributed by atoms with Crippen LogP contribution in [0.3, 0.4) is 0 Å². The van der Waals surface area contributed by atoms with Crippen molar-refractivity contribution in [3.8, 4) is 0 Å². The number of nitrogens with one attached hydrogen (secondary N) is 1. The molecule has 0 saturated heterocycles. The van der Waals surface area contributed by atoms with E-state index < -0.39 is 5.92 Å². The molecule has 0 amide bonds. The fourth-order valence-corrected chi connectivity index (χ4v) is 4.83. The molecule has 0 fully saturated rings. The zero-order chi connectivity index (χ0) is 21.2. The van der Waals surface area contributed by atoms with Gasteiger partial charge in [0.05, 0.1) is 5.57 Å². The van der Waals surface area contributed by atoms with Gasteiger partial charge in [0, 0.05) is 40.1 Å². The fourth-order valence-electron chi connectivity index (χ4n) is 4.14. The van der Waals surface area contributed by atoms with Crippen LogP contribution in [-0.2, 0) is 14.3 Å². The maximum absolute atomic E-state index is 13.2. The Bertz CT molecular complexity index is 888. The summed E-state index contributed by atoms with van der Waals surface area (Å²) in [5, 5.41) is 3.93. The molecule has 1 atom stereocenters. The SMILES string of the molecule is CCSCCOC(=O)C1=C(C)NC2=C(C(=O)CC(C)(C)C2)[C@@H]1c1cccc(Cl)c1. The van der Waals surface area contributed by atoms with Crippen molar-refractivity contribution >= 4 is 35.1 Å². The third kappa shape index (κ3) is 4.89. The first-order valence-electron chi connectivity index (χ1n) is 9.98. The van der Waals surface area contributed by atoms with E-state index in [1.807, 2.05) is 25.1 Å². The van der Waals surface area contributed by atoms with E-state index in [4.69, 9.17) is 16.3 Å². The number of hydrogen-bond donors (Lipinski definition) is 1. The summed E-state index contributed by atoms with van der Waals surface area (Å²) < 4.78 is 5.57. The Morgan fingerprint density at radius 1 is 1.34 bits per heavy atom. The third-order valence-electron chi connectivity index (χ3n) is 5.31. The van der Waals surface area contributed by atoms with Crippen LogP contribution in [0.5, 0.6) is 0 Å². The van der Waals surface area contributed by atoms with Gasteiger partial charge in [-0.3, -0.25) is 4.79 Å². The van der Waals surface area contributed by atoms with Gasteiger partial charge < -0.3 is 10.1 Å². The van der Waals surface area contributed by atoms with Gasteiger partial charge in [0.2, 0.25) is 0 Å². The summed E-state index contributed by atoms with van der Waals surface area (Å²) in [5.74, 6) is 0.978. The molecule has 4 nitrogen and oxygen atoms in total. The minimum atomic E-state index is -0.458. The van der Waals surface area contributed by atoms with Crippen LogP contribution >= 0.6 is 23.4 Å². The van der Waals surface area contributed by atoms with Gasteiger partial charge in [0.1, 0.15) is 6.61 Å². The lowest BCUT2D eigenvalue weighted by molar-refractivity contribution is -0.138. The molecule has 1 aromatic carbocycles. The molecule has 6 heteroatoms. The number of Topliss-reactive ketones (excluding diaryl/α,β-unsaturated/α-hetero) is 1. The summed E-state index contributed by atoms with van der Waals surface area (Å²) in [6.45, 7) is 8.50. The summed E-state index contributed by atoms with van der Waals surface area (Å²) in [4.78, 5) is 26.2. The highest BCUT2D eigenvalue weighted by Crippen LogP contribution is 2.47. The molecule has 0 aromatic heterocycles. The van der Waals surface area contributed by atoms with E-state index in [9.17, 15) is 9.59 Å². The first-order chi connectivity index (χ1) is 13.7. The molecule has 0 spiro atoms. The lowest BCUT2D eigenvalue weighted by Crippen LogP contribution is -2.38. The Hall–Kier alpha value is -1.72. The molecule has 0 unspecified atom stereocenters. The normalized spacial score (nSPS) is 21.0. The predicted molar refractivity (Wildman–Crippen MR) is 119 cm³/mol. The zero-order valence-corrected chi connectivity index (χ0v) is 19.0. The zero-order valence-electron chi connectivity index (χ0n) is 17.4. The predicted octanol–water partition coefficient (Wildman–Crippen LogP) is 5.24. The quantitative estimate of drug-likeness (QED) is 0.491. The number of benzene rings is 1. The molecule has 1 heterocycles. The molecule has 2 aliphatic rings. The fraction of sp³-hybridized carbons (Fsp3) is 0.478. The molecule has 1 aliphatic heterocycles. The van der Waals surface area contributed by atoms with Gasteiger partial charge in [-0.05, 0) is 42.2 Å². The van der Waals surface area contributed by atoms with Crippen LogP contribution in [0, 0.1) is 5.41 Å². The second kappa shape index (κ2) is 8.97. The monoisotopic (exact) mass is 433 g/mol. The number of esters is 1. The number of ketones is 1. The van der Waals surface area contributed by atoms with Crippen LogP contribution in [0.2, 0.25) is 5.02 Å². The smallest absolute Gasteiger partial charge is 0.336 e. The molecular weight excluding hydrogens is 406 g/mol. The van der Waals surface area contributed by atoms with E-state index in [0.29, 0.717) is 29.2 Å².